The van der Waals surface area contributed by atoms with Crippen LogP contribution in [0.5, 0.6) is 0 Å². The molecule has 41 valence electrons. The molecule has 0 aliphatic rings. The van der Waals surface area contributed by atoms with Crippen molar-refractivity contribution in [1.29, 1.82) is 0 Å². The van der Waals surface area contributed by atoms with Gasteiger partial charge in [0.05, 0.1) is 0 Å². The fourth-order valence-corrected chi connectivity index (χ4v) is 0. The van der Waals surface area contributed by atoms with Crippen LogP contribution in [0.1, 0.15) is 0 Å². The van der Waals surface area contributed by atoms with Crippen molar-refractivity contribution in [2.75, 3.05) is 0 Å². The molecular formula is CuO4W. The van der Waals surface area contributed by atoms with E-state index in [9.17, 15) is 0 Å². The Labute approximate surface area is 48.4 Å². The predicted molar refractivity (Wildman–Crippen MR) is 1.37 cm³/mol. The van der Waals surface area contributed by atoms with Crippen molar-refractivity contribution in [2.45, 2.75) is 0 Å². The number of rotatable bonds is 0. The van der Waals surface area contributed by atoms with Crippen LogP contribution in [-0.4, -0.2) is 0 Å². The zero-order valence-electron chi connectivity index (χ0n) is 2.34. The molecule has 0 unspecified atom stereocenters. The van der Waals surface area contributed by atoms with E-state index in [1.807, 2.05) is 0 Å². The third-order valence-electron chi connectivity index (χ3n) is 0. The van der Waals surface area contributed by atoms with E-state index in [0.717, 1.165) is 0 Å². The second kappa shape index (κ2) is 2.83. The molecule has 0 heterocycles. The van der Waals surface area contributed by atoms with Crippen molar-refractivity contribution in [3.63, 3.8) is 0 Å². The predicted octanol–water partition coefficient (Wildman–Crippen LogP) is -2.62. The van der Waals surface area contributed by atoms with Crippen LogP contribution < -0.4 is 7.52 Å². The van der Waals surface area contributed by atoms with Gasteiger partial charge in [-0.3, -0.25) is 0 Å². The average Bonchev–Trinajstić information content (AvgIpc) is 0.722. The molecule has 0 saturated carbocycles. The molecule has 0 aromatic carbocycles. The Kier molecular flexibility index (Phi) is 4.66. The van der Waals surface area contributed by atoms with Crippen LogP contribution in [0.3, 0.4) is 0 Å². The summed E-state index contributed by atoms with van der Waals surface area (Å²) in [7, 11) is 0. The topological polar surface area (TPSA) is 80.3 Å². The fourth-order valence-electron chi connectivity index (χ4n) is 0. The van der Waals surface area contributed by atoms with Crippen molar-refractivity contribution in [1.82, 2.24) is 0 Å². The summed E-state index contributed by atoms with van der Waals surface area (Å²) in [5.41, 5.74) is 0. The molecule has 6 heteroatoms. The summed E-state index contributed by atoms with van der Waals surface area (Å²) < 4.78 is 34.6. The summed E-state index contributed by atoms with van der Waals surface area (Å²) in [6.07, 6.45) is 0. The molecule has 6 heavy (non-hydrogen) atoms. The molecule has 0 aromatic heterocycles. The molecule has 0 N–H and O–H groups in total. The Morgan fingerprint density at radius 3 is 1.17 bits per heavy atom. The Morgan fingerprint density at radius 2 is 1.17 bits per heavy atom. The second-order valence-corrected chi connectivity index (χ2v) is 3.34. The first-order valence-electron chi connectivity index (χ1n) is 0.667. The van der Waals surface area contributed by atoms with Crippen molar-refractivity contribution >= 4 is 0 Å². The van der Waals surface area contributed by atoms with Gasteiger partial charge in [-0.1, -0.05) is 0 Å². The molecule has 1 radical (unpaired) electrons. The summed E-state index contributed by atoms with van der Waals surface area (Å²) in [6.45, 7) is 0. The Bertz CT molecular complexity index is 90.7. The van der Waals surface area contributed by atoms with E-state index in [2.05, 4.69) is 0 Å². The van der Waals surface area contributed by atoms with E-state index >= 15 is 0 Å². The molecule has 0 aliphatic carbocycles. The van der Waals surface area contributed by atoms with Gasteiger partial charge in [0.1, 0.15) is 0 Å². The molecular weight excluding hydrogens is 311 g/mol. The Hall–Kier alpha value is 0.728. The number of hydrogen-bond donors (Lipinski definition) is 0. The first-order chi connectivity index (χ1) is 2.00. The van der Waals surface area contributed by atoms with Crippen LogP contribution in [0.15, 0.2) is 0 Å². The van der Waals surface area contributed by atoms with Crippen LogP contribution in [0.4, 0.5) is 0 Å². The maximum atomic E-state index is 8.65. The van der Waals surface area contributed by atoms with Gasteiger partial charge in [0.2, 0.25) is 0 Å². The van der Waals surface area contributed by atoms with Crippen LogP contribution in [-0.2, 0) is 40.6 Å². The monoisotopic (exact) mass is 311 g/mol. The van der Waals surface area contributed by atoms with Crippen molar-refractivity contribution in [3.05, 3.63) is 0 Å². The van der Waals surface area contributed by atoms with E-state index in [1.54, 1.807) is 0 Å². The zero-order valence-corrected chi connectivity index (χ0v) is 6.22. The minimum atomic E-state index is -6.17. The molecule has 0 rings (SSSR count). The van der Waals surface area contributed by atoms with Crippen LogP contribution in [0.25, 0.3) is 0 Å². The molecule has 0 atom stereocenters. The van der Waals surface area contributed by atoms with Gasteiger partial charge in [0, 0.05) is 0 Å². The third-order valence-corrected chi connectivity index (χ3v) is 0. The van der Waals surface area contributed by atoms with Gasteiger partial charge >= 0.3 is 48.1 Å². The molecule has 4 nitrogen and oxygen atoms in total. The summed E-state index contributed by atoms with van der Waals surface area (Å²) in [5, 5.41) is 0. The maximum absolute atomic E-state index is 8.65. The van der Waals surface area contributed by atoms with Gasteiger partial charge in [-0.15, -0.1) is 0 Å². The van der Waals surface area contributed by atoms with E-state index in [-0.39, 0.29) is 17.1 Å². The molecule has 0 spiro atoms. The Balaban J connectivity index is 0. The van der Waals surface area contributed by atoms with Gasteiger partial charge in [-0.2, -0.15) is 0 Å². The normalized spacial score (nSPS) is 9.67. The third kappa shape index (κ3) is 124. The van der Waals surface area contributed by atoms with Crippen molar-refractivity contribution in [2.24, 2.45) is 0 Å². The molecule has 0 aliphatic heterocycles. The summed E-state index contributed by atoms with van der Waals surface area (Å²) >= 11 is -6.17. The molecule has 0 amide bonds. The van der Waals surface area contributed by atoms with Crippen molar-refractivity contribution < 1.29 is 48.1 Å². The van der Waals surface area contributed by atoms with Gasteiger partial charge < -0.3 is 0 Å². The first-order valence-corrected chi connectivity index (χ1v) is 5.46. The summed E-state index contributed by atoms with van der Waals surface area (Å²) in [4.78, 5) is 0. The van der Waals surface area contributed by atoms with Crippen LogP contribution in [0.2, 0.25) is 0 Å². The van der Waals surface area contributed by atoms with E-state index in [0.29, 0.717) is 0 Å². The molecule has 0 aromatic rings. The standard InChI is InChI=1S/Cu.4O.W/q+2;;;2*-1;. The van der Waals surface area contributed by atoms with E-state index < -0.39 is 16.7 Å². The molecule has 0 fully saturated rings. The zero-order chi connectivity index (χ0) is 4.50. The quantitative estimate of drug-likeness (QED) is 0.459. The Morgan fingerprint density at radius 1 is 1.17 bits per heavy atom. The van der Waals surface area contributed by atoms with E-state index in [1.165, 1.54) is 0 Å². The fraction of sp³-hybridized carbons (Fsp3) is 0. The second-order valence-electron chi connectivity index (χ2n) is 0.408. The van der Waals surface area contributed by atoms with Crippen molar-refractivity contribution in [3.8, 4) is 0 Å². The SMILES string of the molecule is [Cu+2].[O]=[W](=[O])([O-])[O-]. The minimum absolute atomic E-state index is 0. The van der Waals surface area contributed by atoms with Gasteiger partial charge in [0.25, 0.3) is 0 Å². The van der Waals surface area contributed by atoms with Crippen LogP contribution in [0, 0.1) is 0 Å². The summed E-state index contributed by atoms with van der Waals surface area (Å²) in [5.74, 6) is 0. The molecule has 0 saturated heterocycles. The summed E-state index contributed by atoms with van der Waals surface area (Å²) in [6, 6.07) is 0. The van der Waals surface area contributed by atoms with Gasteiger partial charge in [-0.25, -0.2) is 0 Å². The number of hydrogen-bond acceptors (Lipinski definition) is 4. The van der Waals surface area contributed by atoms with Gasteiger partial charge in [-0.05, 0) is 0 Å². The van der Waals surface area contributed by atoms with Crippen LogP contribution >= 0.6 is 0 Å². The average molecular weight is 311 g/mol. The first kappa shape index (κ1) is 9.87. The van der Waals surface area contributed by atoms with E-state index in [4.69, 9.17) is 14.3 Å². The van der Waals surface area contributed by atoms with Gasteiger partial charge in [0.15, 0.2) is 0 Å². The molecule has 0 bridgehead atoms.